The minimum Gasteiger partial charge on any atom is -0.495 e. The first-order chi connectivity index (χ1) is 22.3. The van der Waals surface area contributed by atoms with E-state index in [4.69, 9.17) is 30.5 Å². The molecule has 2 N–H and O–H groups in total. The first kappa shape index (κ1) is 36.0. The number of cyclic esters (lactones) is 2. The number of esters is 2. The molecule has 6 unspecified atom stereocenters. The largest absolute Gasteiger partial charge is 0.495 e. The summed E-state index contributed by atoms with van der Waals surface area (Å²) in [7, 11) is 1.51. The molecular formula is C36H45ClN2O8. The number of epoxide rings is 1. The molecule has 11 heteroatoms. The quantitative estimate of drug-likeness (QED) is 0.293. The zero-order chi connectivity index (χ0) is 34.3. The van der Waals surface area contributed by atoms with Crippen molar-refractivity contribution >= 4 is 35.4 Å². The number of carbonyl (C=O) groups excluding carboxylic acids is 4. The Morgan fingerprint density at radius 3 is 2.40 bits per heavy atom. The molecule has 47 heavy (non-hydrogen) atoms. The topological polar surface area (TPSA) is 133 Å². The smallest absolute Gasteiger partial charge is 0.347 e. The lowest BCUT2D eigenvalue weighted by molar-refractivity contribution is -0.179. The van der Waals surface area contributed by atoms with Crippen molar-refractivity contribution in [3.05, 3.63) is 76.8 Å². The highest BCUT2D eigenvalue weighted by Gasteiger charge is 2.48. The van der Waals surface area contributed by atoms with Crippen LogP contribution in [0.1, 0.15) is 64.7 Å². The summed E-state index contributed by atoms with van der Waals surface area (Å²) in [4.78, 5) is 53.6. The van der Waals surface area contributed by atoms with Crippen LogP contribution < -0.4 is 15.4 Å². The molecule has 0 aromatic heterocycles. The molecule has 2 heterocycles. The maximum absolute atomic E-state index is 13.6. The fourth-order valence-corrected chi connectivity index (χ4v) is 5.75. The molecule has 0 radical (unpaired) electrons. The maximum Gasteiger partial charge on any atom is 0.347 e. The fourth-order valence-electron chi connectivity index (χ4n) is 5.46. The van der Waals surface area contributed by atoms with Gasteiger partial charge in [0.1, 0.15) is 24.0 Å². The number of hydrogen-bond acceptors (Lipinski definition) is 8. The van der Waals surface area contributed by atoms with E-state index in [9.17, 15) is 19.2 Å². The Morgan fingerprint density at radius 2 is 1.74 bits per heavy atom. The molecule has 2 aromatic carbocycles. The van der Waals surface area contributed by atoms with Crippen LogP contribution in [0.15, 0.2) is 60.7 Å². The fraction of sp³-hybridized carbons (Fsp3) is 0.500. The van der Waals surface area contributed by atoms with Gasteiger partial charge in [-0.2, -0.15) is 0 Å². The number of rotatable bonds is 8. The Hall–Kier alpha value is -3.89. The van der Waals surface area contributed by atoms with Crippen molar-refractivity contribution in [1.29, 1.82) is 0 Å². The molecule has 0 saturated carbocycles. The Balaban J connectivity index is 1.61. The summed E-state index contributed by atoms with van der Waals surface area (Å²) in [6, 6.07) is 13.9. The number of halogens is 1. The Morgan fingerprint density at radius 1 is 1.02 bits per heavy atom. The van der Waals surface area contributed by atoms with Crippen LogP contribution in [0, 0.1) is 17.3 Å². The molecule has 6 atom stereocenters. The summed E-state index contributed by atoms with van der Waals surface area (Å²) in [5, 5.41) is 5.91. The highest BCUT2D eigenvalue weighted by molar-refractivity contribution is 6.32. The Bertz CT molecular complexity index is 1460. The Labute approximate surface area is 281 Å². The van der Waals surface area contributed by atoms with E-state index in [2.05, 4.69) is 10.6 Å². The second kappa shape index (κ2) is 15.8. The molecule has 1 fully saturated rings. The van der Waals surface area contributed by atoms with Gasteiger partial charge in [-0.15, -0.1) is 0 Å². The van der Waals surface area contributed by atoms with Crippen LogP contribution in [-0.2, 0) is 39.8 Å². The molecule has 254 valence electrons. The number of ether oxygens (including phenoxy) is 4. The van der Waals surface area contributed by atoms with Crippen molar-refractivity contribution < 1.29 is 38.1 Å². The molecule has 2 amide bonds. The van der Waals surface area contributed by atoms with Gasteiger partial charge in [-0.3, -0.25) is 14.4 Å². The number of nitrogens with one attached hydrogen (secondary N) is 2. The number of hydrogen-bond donors (Lipinski definition) is 2. The third-order valence-corrected chi connectivity index (χ3v) is 8.70. The van der Waals surface area contributed by atoms with E-state index < -0.39 is 47.4 Å². The second-order valence-electron chi connectivity index (χ2n) is 13.3. The average Bonchev–Trinajstić information content (AvgIpc) is 3.83. The molecule has 10 nitrogen and oxygen atoms in total. The predicted molar refractivity (Wildman–Crippen MR) is 177 cm³/mol. The van der Waals surface area contributed by atoms with Gasteiger partial charge < -0.3 is 29.6 Å². The van der Waals surface area contributed by atoms with E-state index >= 15 is 0 Å². The highest BCUT2D eigenvalue weighted by atomic mass is 35.5. The van der Waals surface area contributed by atoms with E-state index in [-0.39, 0.29) is 49.9 Å². The standard InChI is InChI=1S/C36H45ClN2O8/c1-21(2)17-29-34(42)45-27(22(3)31-32(47-31)24-11-8-7-9-12-24)13-10-14-30(40)39-26(19-23-15-16-28(44-6)25(37)18-23)33(41)38-20-36(4,5)35(43)46-29/h7-12,14-16,18,21-22,26-27,29,31-32H,13,17,19-20H2,1-6H3,(H,38,41)(H,39,40). The van der Waals surface area contributed by atoms with Crippen LogP contribution in [0.4, 0.5) is 0 Å². The summed E-state index contributed by atoms with van der Waals surface area (Å²) in [5.74, 6) is -2.06. The molecule has 0 spiro atoms. The molecule has 2 aliphatic heterocycles. The van der Waals surface area contributed by atoms with Crippen LogP contribution in [-0.4, -0.2) is 61.8 Å². The monoisotopic (exact) mass is 668 g/mol. The van der Waals surface area contributed by atoms with Gasteiger partial charge in [0.15, 0.2) is 6.10 Å². The lowest BCUT2D eigenvalue weighted by Crippen LogP contribution is -2.51. The minimum atomic E-state index is -1.20. The van der Waals surface area contributed by atoms with Gasteiger partial charge in [0.05, 0.1) is 23.7 Å². The van der Waals surface area contributed by atoms with Crippen molar-refractivity contribution in [2.24, 2.45) is 17.3 Å². The van der Waals surface area contributed by atoms with Crippen molar-refractivity contribution in [1.82, 2.24) is 10.6 Å². The maximum atomic E-state index is 13.6. The van der Waals surface area contributed by atoms with E-state index in [0.29, 0.717) is 16.3 Å². The van der Waals surface area contributed by atoms with E-state index in [1.807, 2.05) is 51.1 Å². The van der Waals surface area contributed by atoms with E-state index in [1.165, 1.54) is 13.2 Å². The van der Waals surface area contributed by atoms with Crippen LogP contribution in [0.2, 0.25) is 5.02 Å². The van der Waals surface area contributed by atoms with Gasteiger partial charge in [-0.05, 0) is 55.5 Å². The van der Waals surface area contributed by atoms with Gasteiger partial charge in [-0.1, -0.05) is 74.8 Å². The van der Waals surface area contributed by atoms with Crippen molar-refractivity contribution in [3.63, 3.8) is 0 Å². The Kier molecular flexibility index (Phi) is 12.1. The van der Waals surface area contributed by atoms with Gasteiger partial charge in [0, 0.05) is 25.3 Å². The van der Waals surface area contributed by atoms with Crippen molar-refractivity contribution in [2.75, 3.05) is 13.7 Å². The summed E-state index contributed by atoms with van der Waals surface area (Å²) in [5.41, 5.74) is 0.524. The molecule has 2 aliphatic rings. The number of amides is 2. The van der Waals surface area contributed by atoms with E-state index in [1.54, 1.807) is 38.1 Å². The zero-order valence-corrected chi connectivity index (χ0v) is 28.5. The van der Waals surface area contributed by atoms with Crippen LogP contribution >= 0.6 is 11.6 Å². The summed E-state index contributed by atoms with van der Waals surface area (Å²) < 4.78 is 23.1. The van der Waals surface area contributed by atoms with Crippen molar-refractivity contribution in [3.8, 4) is 5.75 Å². The molecule has 1 saturated heterocycles. The van der Waals surface area contributed by atoms with Crippen LogP contribution in [0.3, 0.4) is 0 Å². The van der Waals surface area contributed by atoms with Crippen molar-refractivity contribution in [2.45, 2.75) is 84.3 Å². The van der Waals surface area contributed by atoms with Gasteiger partial charge in [-0.25, -0.2) is 4.79 Å². The molecule has 2 aromatic rings. The SMILES string of the molecule is COc1ccc(CC2NC(=O)C=CCC(C(C)C3OC3c3ccccc3)OC(=O)C(CC(C)C)OC(=O)C(C)(C)CNC2=O)cc1Cl. The highest BCUT2D eigenvalue weighted by Crippen LogP contribution is 2.45. The van der Waals surface area contributed by atoms with Gasteiger partial charge in [0.2, 0.25) is 11.8 Å². The van der Waals surface area contributed by atoms with Gasteiger partial charge in [0.25, 0.3) is 0 Å². The van der Waals surface area contributed by atoms with Crippen LogP contribution in [0.25, 0.3) is 0 Å². The molecule has 0 aliphatic carbocycles. The third-order valence-electron chi connectivity index (χ3n) is 8.41. The number of carbonyl (C=O) groups is 4. The third kappa shape index (κ3) is 9.81. The summed E-state index contributed by atoms with van der Waals surface area (Å²) in [6.07, 6.45) is 1.34. The average molecular weight is 669 g/mol. The first-order valence-corrected chi connectivity index (χ1v) is 16.4. The summed E-state index contributed by atoms with van der Waals surface area (Å²) >= 11 is 6.32. The molecular weight excluding hydrogens is 624 g/mol. The normalized spacial score (nSPS) is 26.1. The minimum absolute atomic E-state index is 0.0228. The first-order valence-electron chi connectivity index (χ1n) is 16.0. The van der Waals surface area contributed by atoms with Crippen LogP contribution in [0.5, 0.6) is 5.75 Å². The molecule has 0 bridgehead atoms. The summed E-state index contributed by atoms with van der Waals surface area (Å²) in [6.45, 7) is 8.92. The number of benzene rings is 2. The van der Waals surface area contributed by atoms with Gasteiger partial charge >= 0.3 is 11.9 Å². The zero-order valence-electron chi connectivity index (χ0n) is 27.8. The predicted octanol–water partition coefficient (Wildman–Crippen LogP) is 5.12. The lowest BCUT2D eigenvalue weighted by Gasteiger charge is -2.29. The second-order valence-corrected chi connectivity index (χ2v) is 13.7. The van der Waals surface area contributed by atoms with E-state index in [0.717, 1.165) is 5.56 Å². The lowest BCUT2D eigenvalue weighted by atomic mass is 9.92. The number of methoxy groups -OCH3 is 1. The molecule has 4 rings (SSSR count).